The maximum Gasteiger partial charge on any atom is 0.133 e. The van der Waals surface area contributed by atoms with E-state index >= 15 is 0 Å². The van der Waals surface area contributed by atoms with Crippen LogP contribution in [0.15, 0.2) is 48.6 Å². The molecule has 2 nitrogen and oxygen atoms in total. The number of allylic oxidation sites excluding steroid dienone is 4. The quantitative estimate of drug-likeness (QED) is 0.877. The first-order valence-corrected chi connectivity index (χ1v) is 6.32. The second-order valence-corrected chi connectivity index (χ2v) is 4.73. The smallest absolute Gasteiger partial charge is 0.133 e. The summed E-state index contributed by atoms with van der Waals surface area (Å²) in [6.45, 7) is 1.88. The highest BCUT2D eigenvalue weighted by atomic mass is 16.3. The normalized spacial score (nSPS) is 22.1. The third-order valence-electron chi connectivity index (χ3n) is 3.49. The lowest BCUT2D eigenvalue weighted by Gasteiger charge is -2.31. The van der Waals surface area contributed by atoms with E-state index in [1.807, 2.05) is 37.3 Å². The van der Waals surface area contributed by atoms with E-state index in [-0.39, 0.29) is 16.9 Å². The summed E-state index contributed by atoms with van der Waals surface area (Å²) in [7, 11) is 0. The lowest BCUT2D eigenvalue weighted by molar-refractivity contribution is -0.119. The lowest BCUT2D eigenvalue weighted by Crippen LogP contribution is -2.27. The molecule has 2 rings (SSSR count). The number of phenolic OH excluding ortho intramolecular Hbond substituents is 1. The van der Waals surface area contributed by atoms with E-state index in [1.165, 1.54) is 0 Å². The fraction of sp³-hybridized carbons (Fsp3) is 0.312. The summed E-state index contributed by atoms with van der Waals surface area (Å²) in [4.78, 5) is 11.8. The molecule has 2 heteroatoms. The SMILES string of the molecule is CCC(=O)CC1(c2ccccc2O)C=CC=CC1. The summed E-state index contributed by atoms with van der Waals surface area (Å²) in [5, 5.41) is 10.0. The molecule has 1 N–H and O–H groups in total. The topological polar surface area (TPSA) is 37.3 Å². The number of carbonyl (C=O) groups excluding carboxylic acids is 1. The van der Waals surface area contributed by atoms with Crippen LogP contribution in [0.3, 0.4) is 0 Å². The van der Waals surface area contributed by atoms with Crippen LogP contribution in [-0.4, -0.2) is 10.9 Å². The Morgan fingerprint density at radius 2 is 2.11 bits per heavy atom. The van der Waals surface area contributed by atoms with Gasteiger partial charge < -0.3 is 5.11 Å². The average molecular weight is 242 g/mol. The van der Waals surface area contributed by atoms with Gasteiger partial charge in [-0.1, -0.05) is 49.4 Å². The molecule has 1 unspecified atom stereocenters. The second-order valence-electron chi connectivity index (χ2n) is 4.73. The number of hydrogen-bond acceptors (Lipinski definition) is 2. The summed E-state index contributed by atoms with van der Waals surface area (Å²) in [5.74, 6) is 0.486. The van der Waals surface area contributed by atoms with Crippen LogP contribution in [0.1, 0.15) is 31.7 Å². The van der Waals surface area contributed by atoms with Gasteiger partial charge in [0, 0.05) is 23.8 Å². The summed E-state index contributed by atoms with van der Waals surface area (Å²) < 4.78 is 0. The number of ketones is 1. The molecule has 1 aliphatic rings. The van der Waals surface area contributed by atoms with Gasteiger partial charge in [0.1, 0.15) is 11.5 Å². The van der Waals surface area contributed by atoms with E-state index in [0.29, 0.717) is 12.8 Å². The zero-order chi connectivity index (χ0) is 13.0. The fourth-order valence-corrected chi connectivity index (χ4v) is 2.46. The van der Waals surface area contributed by atoms with Gasteiger partial charge >= 0.3 is 0 Å². The number of rotatable bonds is 4. The molecule has 1 aromatic rings. The number of hydrogen-bond donors (Lipinski definition) is 1. The first-order chi connectivity index (χ1) is 8.68. The predicted octanol–water partition coefficient (Wildman–Crippen LogP) is 3.52. The van der Waals surface area contributed by atoms with E-state index in [4.69, 9.17) is 0 Å². The number of aromatic hydroxyl groups is 1. The molecule has 1 aromatic carbocycles. The Hall–Kier alpha value is -1.83. The number of para-hydroxylation sites is 1. The van der Waals surface area contributed by atoms with Gasteiger partial charge in [0.2, 0.25) is 0 Å². The van der Waals surface area contributed by atoms with Crippen molar-refractivity contribution < 1.29 is 9.90 Å². The predicted molar refractivity (Wildman–Crippen MR) is 72.6 cm³/mol. The van der Waals surface area contributed by atoms with Gasteiger partial charge in [0.15, 0.2) is 0 Å². The Kier molecular flexibility index (Phi) is 3.66. The molecule has 0 saturated carbocycles. The summed E-state index contributed by atoms with van der Waals surface area (Å²) >= 11 is 0. The van der Waals surface area contributed by atoms with E-state index in [2.05, 4.69) is 6.08 Å². The maximum absolute atomic E-state index is 11.8. The van der Waals surface area contributed by atoms with Crippen molar-refractivity contribution in [3.63, 3.8) is 0 Å². The van der Waals surface area contributed by atoms with Crippen molar-refractivity contribution in [2.75, 3.05) is 0 Å². The largest absolute Gasteiger partial charge is 0.508 e. The molecule has 0 aliphatic heterocycles. The van der Waals surface area contributed by atoms with Crippen molar-refractivity contribution in [2.45, 2.75) is 31.6 Å². The standard InChI is InChI=1S/C16H18O2/c1-2-13(17)12-16(10-6-3-7-11-16)14-8-4-5-9-15(14)18/h3-10,18H,2,11-12H2,1H3. The average Bonchev–Trinajstić information content (AvgIpc) is 2.40. The third kappa shape index (κ3) is 2.37. The number of phenols is 1. The molecule has 0 radical (unpaired) electrons. The van der Waals surface area contributed by atoms with Crippen LogP contribution in [0.4, 0.5) is 0 Å². The van der Waals surface area contributed by atoms with Gasteiger partial charge in [-0.15, -0.1) is 0 Å². The summed E-state index contributed by atoms with van der Waals surface area (Å²) in [6.07, 6.45) is 9.76. The Balaban J connectivity index is 2.43. The van der Waals surface area contributed by atoms with Crippen LogP contribution >= 0.6 is 0 Å². The van der Waals surface area contributed by atoms with Gasteiger partial charge in [-0.25, -0.2) is 0 Å². The number of benzene rings is 1. The van der Waals surface area contributed by atoms with E-state index in [9.17, 15) is 9.90 Å². The van der Waals surface area contributed by atoms with Crippen LogP contribution in [0.25, 0.3) is 0 Å². The van der Waals surface area contributed by atoms with E-state index in [1.54, 1.807) is 12.1 Å². The maximum atomic E-state index is 11.8. The number of Topliss-reactive ketones (excluding diaryl/α,β-unsaturated/α-hetero) is 1. The lowest BCUT2D eigenvalue weighted by atomic mass is 9.71. The molecular formula is C16H18O2. The third-order valence-corrected chi connectivity index (χ3v) is 3.49. The van der Waals surface area contributed by atoms with Crippen molar-refractivity contribution >= 4 is 5.78 Å². The molecule has 0 amide bonds. The van der Waals surface area contributed by atoms with Crippen LogP contribution < -0.4 is 0 Å². The van der Waals surface area contributed by atoms with Crippen molar-refractivity contribution in [1.29, 1.82) is 0 Å². The zero-order valence-electron chi connectivity index (χ0n) is 10.6. The Morgan fingerprint density at radius 3 is 2.72 bits per heavy atom. The molecular weight excluding hydrogens is 224 g/mol. The van der Waals surface area contributed by atoms with Gasteiger partial charge in [-0.3, -0.25) is 4.79 Å². The first-order valence-electron chi connectivity index (χ1n) is 6.32. The zero-order valence-corrected chi connectivity index (χ0v) is 10.6. The van der Waals surface area contributed by atoms with Gasteiger partial charge in [-0.05, 0) is 12.5 Å². The summed E-state index contributed by atoms with van der Waals surface area (Å²) in [6, 6.07) is 7.29. The van der Waals surface area contributed by atoms with Gasteiger partial charge in [0.25, 0.3) is 0 Å². The molecule has 1 atom stereocenters. The summed E-state index contributed by atoms with van der Waals surface area (Å²) in [5.41, 5.74) is 0.458. The van der Waals surface area contributed by atoms with Crippen molar-refractivity contribution in [1.82, 2.24) is 0 Å². The second kappa shape index (κ2) is 5.21. The highest BCUT2D eigenvalue weighted by Crippen LogP contribution is 2.40. The van der Waals surface area contributed by atoms with E-state index in [0.717, 1.165) is 12.0 Å². The van der Waals surface area contributed by atoms with Crippen LogP contribution in [0.2, 0.25) is 0 Å². The molecule has 0 bridgehead atoms. The van der Waals surface area contributed by atoms with Crippen molar-refractivity contribution in [3.8, 4) is 5.75 Å². The van der Waals surface area contributed by atoms with Gasteiger partial charge in [0.05, 0.1) is 0 Å². The molecule has 1 aliphatic carbocycles. The highest BCUT2D eigenvalue weighted by Gasteiger charge is 2.33. The van der Waals surface area contributed by atoms with Gasteiger partial charge in [-0.2, -0.15) is 0 Å². The molecule has 0 saturated heterocycles. The Bertz CT molecular complexity index is 500. The van der Waals surface area contributed by atoms with Crippen LogP contribution in [-0.2, 0) is 10.2 Å². The molecule has 0 heterocycles. The van der Waals surface area contributed by atoms with Crippen molar-refractivity contribution in [3.05, 3.63) is 54.1 Å². The Labute approximate surface area is 108 Å². The van der Waals surface area contributed by atoms with Crippen LogP contribution in [0.5, 0.6) is 5.75 Å². The monoisotopic (exact) mass is 242 g/mol. The Morgan fingerprint density at radius 1 is 1.33 bits per heavy atom. The minimum atomic E-state index is -0.382. The molecule has 0 spiro atoms. The molecule has 0 fully saturated rings. The number of carbonyl (C=O) groups is 1. The molecule has 18 heavy (non-hydrogen) atoms. The van der Waals surface area contributed by atoms with E-state index < -0.39 is 0 Å². The van der Waals surface area contributed by atoms with Crippen LogP contribution in [0, 0.1) is 0 Å². The highest BCUT2D eigenvalue weighted by molar-refractivity contribution is 5.80. The van der Waals surface area contributed by atoms with Crippen molar-refractivity contribution in [2.24, 2.45) is 0 Å². The molecule has 94 valence electrons. The molecule has 0 aromatic heterocycles. The minimum Gasteiger partial charge on any atom is -0.508 e. The fourth-order valence-electron chi connectivity index (χ4n) is 2.46. The first kappa shape index (κ1) is 12.6. The minimum absolute atomic E-state index is 0.221.